The number of aliphatic hydroxyl groups is 1. The van der Waals surface area contributed by atoms with Gasteiger partial charge in [0, 0.05) is 13.1 Å². The van der Waals surface area contributed by atoms with Crippen molar-refractivity contribution in [1.29, 1.82) is 0 Å². The highest BCUT2D eigenvalue weighted by atomic mass is 35.5. The van der Waals surface area contributed by atoms with Crippen LogP contribution in [0.5, 0.6) is 0 Å². The fourth-order valence-electron chi connectivity index (χ4n) is 2.79. The van der Waals surface area contributed by atoms with Gasteiger partial charge in [0.05, 0.1) is 16.2 Å². The molecule has 5 nitrogen and oxygen atoms in total. The van der Waals surface area contributed by atoms with E-state index in [1.165, 1.54) is 0 Å². The summed E-state index contributed by atoms with van der Waals surface area (Å²) in [7, 11) is 0. The van der Waals surface area contributed by atoms with E-state index in [9.17, 15) is 5.11 Å². The number of aromatic amines is 1. The van der Waals surface area contributed by atoms with Crippen LogP contribution in [0.2, 0.25) is 10.0 Å². The third-order valence-corrected chi connectivity index (χ3v) is 4.57. The molecular weight excluding hydrogens is 311 g/mol. The van der Waals surface area contributed by atoms with E-state index in [1.807, 2.05) is 12.1 Å². The summed E-state index contributed by atoms with van der Waals surface area (Å²) in [5.41, 5.74) is 0.733. The highest BCUT2D eigenvalue weighted by molar-refractivity contribution is 6.42. The van der Waals surface area contributed by atoms with E-state index >= 15 is 0 Å². The van der Waals surface area contributed by atoms with Gasteiger partial charge in [-0.15, -0.1) is 0 Å². The second-order valence-electron chi connectivity index (χ2n) is 5.45. The second kappa shape index (κ2) is 5.93. The van der Waals surface area contributed by atoms with Crippen molar-refractivity contribution in [1.82, 2.24) is 20.3 Å². The number of H-pyrrole nitrogens is 1. The molecule has 1 aromatic carbocycles. The molecule has 21 heavy (non-hydrogen) atoms. The molecule has 2 heterocycles. The van der Waals surface area contributed by atoms with Crippen molar-refractivity contribution in [2.75, 3.05) is 13.1 Å². The van der Waals surface area contributed by atoms with E-state index in [1.54, 1.807) is 12.3 Å². The summed E-state index contributed by atoms with van der Waals surface area (Å²) >= 11 is 12.0. The lowest BCUT2D eigenvalue weighted by Crippen LogP contribution is -2.45. The number of hydrogen-bond donors (Lipinski definition) is 2. The van der Waals surface area contributed by atoms with E-state index in [0.29, 0.717) is 28.7 Å². The topological polar surface area (TPSA) is 65.0 Å². The minimum Gasteiger partial charge on any atom is -0.382 e. The molecule has 112 valence electrons. The van der Waals surface area contributed by atoms with E-state index in [-0.39, 0.29) is 0 Å². The van der Waals surface area contributed by atoms with Crippen LogP contribution in [0.3, 0.4) is 0 Å². The Morgan fingerprint density at radius 2 is 2.19 bits per heavy atom. The number of β-amino-alcohol motifs (C(OH)–C–C–N with tert-alkyl or cyclic N) is 1. The van der Waals surface area contributed by atoms with Crippen molar-refractivity contribution in [3.05, 3.63) is 45.7 Å². The number of likely N-dealkylation sites (tertiary alicyclic amines) is 1. The summed E-state index contributed by atoms with van der Waals surface area (Å²) in [5.74, 6) is 0. The van der Waals surface area contributed by atoms with Crippen LogP contribution in [0.15, 0.2) is 24.4 Å². The van der Waals surface area contributed by atoms with Crippen LogP contribution in [0.1, 0.15) is 24.1 Å². The fraction of sp³-hybridized carbons (Fsp3) is 0.429. The molecule has 0 saturated carbocycles. The van der Waals surface area contributed by atoms with Crippen molar-refractivity contribution in [2.45, 2.75) is 25.0 Å². The summed E-state index contributed by atoms with van der Waals surface area (Å²) in [6.07, 6.45) is 3.19. The largest absolute Gasteiger partial charge is 0.382 e. The molecule has 0 unspecified atom stereocenters. The summed E-state index contributed by atoms with van der Waals surface area (Å²) < 4.78 is 0. The van der Waals surface area contributed by atoms with Gasteiger partial charge in [-0.3, -0.25) is 4.90 Å². The number of aromatic nitrogens is 3. The molecule has 0 spiro atoms. The maximum atomic E-state index is 10.8. The zero-order chi connectivity index (χ0) is 14.9. The van der Waals surface area contributed by atoms with Gasteiger partial charge < -0.3 is 5.11 Å². The smallest absolute Gasteiger partial charge is 0.123 e. The quantitative estimate of drug-likeness (QED) is 0.909. The fourth-order valence-corrected chi connectivity index (χ4v) is 3.11. The summed E-state index contributed by atoms with van der Waals surface area (Å²) in [5, 5.41) is 22.2. The van der Waals surface area contributed by atoms with Crippen LogP contribution < -0.4 is 0 Å². The Kier molecular flexibility index (Phi) is 4.17. The first-order chi connectivity index (χ1) is 10.1. The molecule has 0 amide bonds. The van der Waals surface area contributed by atoms with Crippen molar-refractivity contribution in [2.24, 2.45) is 0 Å². The third kappa shape index (κ3) is 3.21. The molecule has 2 aromatic rings. The van der Waals surface area contributed by atoms with Crippen LogP contribution in [-0.2, 0) is 12.1 Å². The molecular formula is C14H16Cl2N4O. The van der Waals surface area contributed by atoms with E-state index in [4.69, 9.17) is 23.2 Å². The van der Waals surface area contributed by atoms with Gasteiger partial charge in [-0.2, -0.15) is 15.4 Å². The molecule has 3 rings (SSSR count). The number of nitrogens with one attached hydrogen (secondary N) is 1. The van der Waals surface area contributed by atoms with Crippen molar-refractivity contribution in [3.63, 3.8) is 0 Å². The highest BCUT2D eigenvalue weighted by Crippen LogP contribution is 2.31. The first kappa shape index (κ1) is 14.8. The SMILES string of the molecule is O[C@@]1(c2cn[nH]n2)CCCN(Cc2ccc(Cl)c(Cl)c2)C1. The molecule has 7 heteroatoms. The second-order valence-corrected chi connectivity index (χ2v) is 6.26. The Morgan fingerprint density at radius 1 is 1.33 bits per heavy atom. The predicted octanol–water partition coefficient (Wildman–Crippen LogP) is 2.60. The average molecular weight is 327 g/mol. The zero-order valence-electron chi connectivity index (χ0n) is 11.4. The maximum Gasteiger partial charge on any atom is 0.123 e. The minimum absolute atomic E-state index is 0.528. The van der Waals surface area contributed by atoms with Crippen LogP contribution in [-0.4, -0.2) is 38.5 Å². The molecule has 1 fully saturated rings. The van der Waals surface area contributed by atoms with E-state index in [2.05, 4.69) is 20.3 Å². The van der Waals surface area contributed by atoms with Gasteiger partial charge in [-0.05, 0) is 37.1 Å². The Bertz CT molecular complexity index is 619. The van der Waals surface area contributed by atoms with Gasteiger partial charge in [-0.1, -0.05) is 29.3 Å². The molecule has 1 aliphatic heterocycles. The van der Waals surface area contributed by atoms with Gasteiger partial charge in [0.2, 0.25) is 0 Å². The van der Waals surface area contributed by atoms with Gasteiger partial charge in [0.25, 0.3) is 0 Å². The number of halogens is 2. The minimum atomic E-state index is -0.943. The highest BCUT2D eigenvalue weighted by Gasteiger charge is 2.37. The first-order valence-electron chi connectivity index (χ1n) is 6.82. The maximum absolute atomic E-state index is 10.8. The van der Waals surface area contributed by atoms with Crippen LogP contribution in [0.4, 0.5) is 0 Å². The normalized spacial score (nSPS) is 23.4. The number of rotatable bonds is 3. The van der Waals surface area contributed by atoms with Gasteiger partial charge in [0.1, 0.15) is 11.3 Å². The number of benzene rings is 1. The predicted molar refractivity (Wildman–Crippen MR) is 81.3 cm³/mol. The van der Waals surface area contributed by atoms with Crippen molar-refractivity contribution in [3.8, 4) is 0 Å². The lowest BCUT2D eigenvalue weighted by molar-refractivity contribution is -0.0414. The summed E-state index contributed by atoms with van der Waals surface area (Å²) in [4.78, 5) is 2.19. The average Bonchev–Trinajstić information content (AvgIpc) is 2.98. The molecule has 0 bridgehead atoms. The monoisotopic (exact) mass is 326 g/mol. The van der Waals surface area contributed by atoms with Crippen LogP contribution >= 0.6 is 23.2 Å². The first-order valence-corrected chi connectivity index (χ1v) is 7.57. The Morgan fingerprint density at radius 3 is 2.90 bits per heavy atom. The van der Waals surface area contributed by atoms with Crippen molar-refractivity contribution >= 4 is 23.2 Å². The summed E-state index contributed by atoms with van der Waals surface area (Å²) in [6.45, 7) is 2.18. The van der Waals surface area contributed by atoms with Crippen LogP contribution in [0, 0.1) is 0 Å². The number of hydrogen-bond acceptors (Lipinski definition) is 4. The van der Waals surface area contributed by atoms with Crippen molar-refractivity contribution < 1.29 is 5.11 Å². The zero-order valence-corrected chi connectivity index (χ0v) is 12.9. The Hall–Kier alpha value is -1.14. The summed E-state index contributed by atoms with van der Waals surface area (Å²) in [6, 6.07) is 5.62. The van der Waals surface area contributed by atoms with E-state index in [0.717, 1.165) is 25.1 Å². The van der Waals surface area contributed by atoms with Gasteiger partial charge >= 0.3 is 0 Å². The van der Waals surface area contributed by atoms with Gasteiger partial charge in [0.15, 0.2) is 0 Å². The Balaban J connectivity index is 1.73. The molecule has 0 radical (unpaired) electrons. The van der Waals surface area contributed by atoms with Crippen LogP contribution in [0.25, 0.3) is 0 Å². The third-order valence-electron chi connectivity index (χ3n) is 3.83. The molecule has 1 saturated heterocycles. The lowest BCUT2D eigenvalue weighted by atomic mass is 9.90. The molecule has 1 aliphatic rings. The molecule has 1 aromatic heterocycles. The molecule has 0 aliphatic carbocycles. The molecule has 1 atom stereocenters. The standard InChI is InChI=1S/C14H16Cl2N4O/c15-11-3-2-10(6-12(11)16)8-20-5-1-4-14(21,9-20)13-7-17-19-18-13/h2-3,6-7,21H,1,4-5,8-9H2,(H,17,18,19)/t14-/m0/s1. The van der Waals surface area contributed by atoms with E-state index < -0.39 is 5.60 Å². The lowest BCUT2D eigenvalue weighted by Gasteiger charge is -2.38. The van der Waals surface area contributed by atoms with Gasteiger partial charge in [-0.25, -0.2) is 0 Å². The Labute approximate surface area is 132 Å². The molecule has 2 N–H and O–H groups in total. The number of nitrogens with zero attached hydrogens (tertiary/aromatic N) is 3. The number of piperidine rings is 1.